The number of carbonyl (C=O) groups is 2. The Morgan fingerprint density at radius 1 is 1.40 bits per heavy atom. The van der Waals surface area contributed by atoms with Crippen LogP contribution in [0.1, 0.15) is 5.56 Å². The van der Waals surface area contributed by atoms with Gasteiger partial charge in [-0.15, -0.1) is 0 Å². The first kappa shape index (κ1) is 13.1. The Balaban J connectivity index is 1.64. The molecule has 1 aromatic carbocycles. The number of ether oxygens (including phenoxy) is 2. The summed E-state index contributed by atoms with van der Waals surface area (Å²) in [5.41, 5.74) is 0.836. The minimum Gasteiger partial charge on any atom is -0.445 e. The monoisotopic (exact) mass is 279 g/mol. The molecule has 6 heteroatoms. The molecule has 0 aliphatic carbocycles. The Kier molecular flexibility index (Phi) is 3.40. The molecule has 0 aromatic heterocycles. The van der Waals surface area contributed by atoms with Crippen LogP contribution >= 0.6 is 0 Å². The third kappa shape index (κ3) is 2.27. The van der Waals surface area contributed by atoms with Gasteiger partial charge in [0.1, 0.15) is 31.5 Å². The van der Waals surface area contributed by atoms with Gasteiger partial charge in [0.2, 0.25) is 0 Å². The van der Waals surface area contributed by atoms with E-state index in [1.165, 1.54) is 0 Å². The Bertz CT molecular complexity index is 521. The van der Waals surface area contributed by atoms with E-state index in [0.717, 1.165) is 10.5 Å². The van der Waals surface area contributed by atoms with E-state index >= 15 is 0 Å². The van der Waals surface area contributed by atoms with Gasteiger partial charge in [-0.1, -0.05) is 30.3 Å². The molecule has 5 nitrogen and oxygen atoms in total. The minimum atomic E-state index is -1.34. The number of amides is 1. The van der Waals surface area contributed by atoms with Gasteiger partial charge in [-0.25, -0.2) is 9.18 Å². The molecular weight excluding hydrogens is 265 g/mol. The van der Waals surface area contributed by atoms with Crippen molar-refractivity contribution in [3.63, 3.8) is 0 Å². The second-order valence-corrected chi connectivity index (χ2v) is 4.90. The maximum absolute atomic E-state index is 13.7. The summed E-state index contributed by atoms with van der Waals surface area (Å²) in [6, 6.07) is 8.33. The normalized spacial score (nSPS) is 28.6. The van der Waals surface area contributed by atoms with Crippen LogP contribution in [-0.4, -0.2) is 48.2 Å². The van der Waals surface area contributed by atoms with Crippen molar-refractivity contribution >= 4 is 11.9 Å². The quantitative estimate of drug-likeness (QED) is 0.819. The average molecular weight is 279 g/mol. The first-order valence-corrected chi connectivity index (χ1v) is 6.42. The number of likely N-dealkylation sites (tertiary alicyclic amines) is 1. The zero-order chi connectivity index (χ0) is 14.1. The fourth-order valence-corrected chi connectivity index (χ4v) is 2.59. The number of hydrogen-bond acceptors (Lipinski definition) is 4. The zero-order valence-corrected chi connectivity index (χ0v) is 10.7. The molecule has 1 aromatic rings. The van der Waals surface area contributed by atoms with E-state index in [0.29, 0.717) is 0 Å². The van der Waals surface area contributed by atoms with Crippen LogP contribution in [0.4, 0.5) is 9.18 Å². The molecule has 0 radical (unpaired) electrons. The van der Waals surface area contributed by atoms with Crippen molar-refractivity contribution in [3.05, 3.63) is 35.9 Å². The predicted molar refractivity (Wildman–Crippen MR) is 66.8 cm³/mol. The predicted octanol–water partition coefficient (Wildman–Crippen LogP) is 1.31. The van der Waals surface area contributed by atoms with Gasteiger partial charge in [0.15, 0.2) is 5.78 Å². The third-order valence-electron chi connectivity index (χ3n) is 3.56. The number of alkyl halides is 1. The summed E-state index contributed by atoms with van der Waals surface area (Å²) in [6.45, 7) is -0.202. The molecule has 2 aliphatic heterocycles. The fourth-order valence-electron chi connectivity index (χ4n) is 2.59. The minimum absolute atomic E-state index is 0.0968. The maximum Gasteiger partial charge on any atom is 0.410 e. The highest BCUT2D eigenvalue weighted by Gasteiger charge is 2.53. The fraction of sp³-hybridized carbons (Fsp3) is 0.429. The van der Waals surface area contributed by atoms with Gasteiger partial charge in [0.05, 0.1) is 6.54 Å². The second kappa shape index (κ2) is 5.20. The van der Waals surface area contributed by atoms with Crippen molar-refractivity contribution in [2.75, 3.05) is 13.2 Å². The SMILES string of the molecule is O=C1COC2[C@@H]1N(C(=O)OCc1ccccc1)C[C@@H]2F. The van der Waals surface area contributed by atoms with Gasteiger partial charge in [-0.05, 0) is 5.56 Å². The number of nitrogens with zero attached hydrogens (tertiary/aromatic N) is 1. The van der Waals surface area contributed by atoms with Crippen LogP contribution < -0.4 is 0 Å². The smallest absolute Gasteiger partial charge is 0.410 e. The van der Waals surface area contributed by atoms with Crippen LogP contribution in [0.2, 0.25) is 0 Å². The van der Waals surface area contributed by atoms with Crippen LogP contribution in [-0.2, 0) is 20.9 Å². The number of carbonyl (C=O) groups excluding carboxylic acids is 2. The van der Waals surface area contributed by atoms with Gasteiger partial charge in [-0.2, -0.15) is 0 Å². The van der Waals surface area contributed by atoms with Gasteiger partial charge in [0, 0.05) is 0 Å². The van der Waals surface area contributed by atoms with E-state index in [9.17, 15) is 14.0 Å². The molecule has 3 rings (SSSR count). The lowest BCUT2D eigenvalue weighted by Crippen LogP contribution is -2.42. The molecule has 106 valence electrons. The van der Waals surface area contributed by atoms with Gasteiger partial charge in [0.25, 0.3) is 0 Å². The lowest BCUT2D eigenvalue weighted by atomic mass is 10.1. The third-order valence-corrected chi connectivity index (χ3v) is 3.56. The molecule has 2 aliphatic rings. The highest BCUT2D eigenvalue weighted by Crippen LogP contribution is 2.29. The summed E-state index contributed by atoms with van der Waals surface area (Å²) in [7, 11) is 0. The number of ketones is 1. The number of halogens is 1. The highest BCUT2D eigenvalue weighted by atomic mass is 19.1. The van der Waals surface area contributed by atoms with Crippen molar-refractivity contribution in [1.82, 2.24) is 4.90 Å². The molecule has 1 amide bonds. The van der Waals surface area contributed by atoms with E-state index in [-0.39, 0.29) is 25.5 Å². The zero-order valence-electron chi connectivity index (χ0n) is 10.7. The maximum atomic E-state index is 13.7. The van der Waals surface area contributed by atoms with E-state index < -0.39 is 24.4 Å². The lowest BCUT2D eigenvalue weighted by Gasteiger charge is -2.20. The summed E-state index contributed by atoms with van der Waals surface area (Å²) >= 11 is 0. The molecule has 2 fully saturated rings. The molecule has 0 saturated carbocycles. The summed E-state index contributed by atoms with van der Waals surface area (Å²) in [5, 5.41) is 0. The van der Waals surface area contributed by atoms with Crippen LogP contribution in [0, 0.1) is 0 Å². The highest BCUT2D eigenvalue weighted by molar-refractivity contribution is 5.91. The van der Waals surface area contributed by atoms with Gasteiger partial charge < -0.3 is 9.47 Å². The number of benzene rings is 1. The van der Waals surface area contributed by atoms with Crippen LogP contribution in [0.15, 0.2) is 30.3 Å². The number of rotatable bonds is 2. The van der Waals surface area contributed by atoms with Crippen molar-refractivity contribution in [2.24, 2.45) is 0 Å². The van der Waals surface area contributed by atoms with Crippen LogP contribution in [0.25, 0.3) is 0 Å². The van der Waals surface area contributed by atoms with E-state index in [4.69, 9.17) is 9.47 Å². The number of Topliss-reactive ketones (excluding diaryl/α,β-unsaturated/α-hetero) is 1. The summed E-state index contributed by atoms with van der Waals surface area (Å²) in [4.78, 5) is 24.8. The summed E-state index contributed by atoms with van der Waals surface area (Å²) < 4.78 is 23.9. The number of hydrogen-bond donors (Lipinski definition) is 0. The molecule has 1 unspecified atom stereocenters. The summed E-state index contributed by atoms with van der Waals surface area (Å²) in [6.07, 6.45) is -2.86. The van der Waals surface area contributed by atoms with Crippen LogP contribution in [0.3, 0.4) is 0 Å². The molecule has 2 saturated heterocycles. The lowest BCUT2D eigenvalue weighted by molar-refractivity contribution is -0.121. The molecule has 0 bridgehead atoms. The first-order chi connectivity index (χ1) is 9.66. The summed E-state index contributed by atoms with van der Waals surface area (Å²) in [5.74, 6) is -0.271. The Labute approximate surface area is 115 Å². The molecule has 0 N–H and O–H groups in total. The largest absolute Gasteiger partial charge is 0.445 e. The average Bonchev–Trinajstić information content (AvgIpc) is 3.00. The van der Waals surface area contributed by atoms with E-state index in [1.54, 1.807) is 0 Å². The standard InChI is InChI=1S/C14H14FNO4/c15-10-6-16(12-11(17)8-19-13(10)12)14(18)20-7-9-4-2-1-3-5-9/h1-5,10,12-13H,6-8H2/t10-,12+,13?/m0/s1. The van der Waals surface area contributed by atoms with Crippen LogP contribution in [0.5, 0.6) is 0 Å². The first-order valence-electron chi connectivity index (χ1n) is 6.42. The number of fused-ring (bicyclic) bond motifs is 1. The Morgan fingerprint density at radius 3 is 2.90 bits per heavy atom. The molecule has 3 atom stereocenters. The molecule has 2 heterocycles. The van der Waals surface area contributed by atoms with E-state index in [2.05, 4.69) is 0 Å². The van der Waals surface area contributed by atoms with Crippen molar-refractivity contribution in [3.8, 4) is 0 Å². The second-order valence-electron chi connectivity index (χ2n) is 4.90. The van der Waals surface area contributed by atoms with Crippen molar-refractivity contribution in [1.29, 1.82) is 0 Å². The van der Waals surface area contributed by atoms with Gasteiger partial charge >= 0.3 is 6.09 Å². The molecular formula is C14H14FNO4. The topological polar surface area (TPSA) is 55.8 Å². The van der Waals surface area contributed by atoms with E-state index in [1.807, 2.05) is 30.3 Å². The Morgan fingerprint density at radius 2 is 2.15 bits per heavy atom. The Hall–Kier alpha value is -1.95. The molecule has 20 heavy (non-hydrogen) atoms. The molecule has 0 spiro atoms. The van der Waals surface area contributed by atoms with Gasteiger partial charge in [-0.3, -0.25) is 9.69 Å². The van der Waals surface area contributed by atoms with Crippen molar-refractivity contribution < 1.29 is 23.5 Å². The van der Waals surface area contributed by atoms with Crippen molar-refractivity contribution in [2.45, 2.75) is 24.9 Å².